The van der Waals surface area contributed by atoms with E-state index in [9.17, 15) is 14.9 Å². The van der Waals surface area contributed by atoms with E-state index in [2.05, 4.69) is 25.8 Å². The average molecular weight is 403 g/mol. The lowest BCUT2D eigenvalue weighted by atomic mass is 9.91. The Morgan fingerprint density at radius 3 is 2.62 bits per heavy atom. The Morgan fingerprint density at radius 2 is 1.97 bits per heavy atom. The number of carbonyl (C=O) groups excluding carboxylic acids is 1. The fraction of sp³-hybridized carbons (Fsp3) is 0.556. The highest BCUT2D eigenvalue weighted by atomic mass is 16.6. The van der Waals surface area contributed by atoms with Crippen molar-refractivity contribution >= 4 is 17.5 Å². The maximum atomic E-state index is 12.0. The molecular weight excluding hydrogens is 378 g/mol. The van der Waals surface area contributed by atoms with Gasteiger partial charge in [-0.1, -0.05) is 0 Å². The third-order valence-corrected chi connectivity index (χ3v) is 4.44. The van der Waals surface area contributed by atoms with Gasteiger partial charge in [0, 0.05) is 18.2 Å². The van der Waals surface area contributed by atoms with Gasteiger partial charge in [0.15, 0.2) is 5.82 Å². The Bertz CT molecular complexity index is 864. The zero-order valence-electron chi connectivity index (χ0n) is 16.7. The van der Waals surface area contributed by atoms with Crippen molar-refractivity contribution in [3.8, 4) is 5.82 Å². The van der Waals surface area contributed by atoms with E-state index in [-0.39, 0.29) is 17.8 Å². The predicted octanol–water partition coefficient (Wildman–Crippen LogP) is 2.82. The number of hydrogen-bond donors (Lipinski definition) is 2. The number of anilines is 1. The van der Waals surface area contributed by atoms with Crippen molar-refractivity contribution in [1.82, 2.24) is 25.3 Å². The summed E-state index contributed by atoms with van der Waals surface area (Å²) in [6.45, 7) is 5.44. The van der Waals surface area contributed by atoms with Gasteiger partial charge in [-0.2, -0.15) is 10.2 Å². The normalized spacial score (nSPS) is 19.4. The number of rotatable bonds is 5. The smallest absolute Gasteiger partial charge is 0.407 e. The fourth-order valence-corrected chi connectivity index (χ4v) is 3.29. The first-order valence-electron chi connectivity index (χ1n) is 9.48. The van der Waals surface area contributed by atoms with Crippen LogP contribution in [-0.4, -0.2) is 48.7 Å². The summed E-state index contributed by atoms with van der Waals surface area (Å²) in [5.41, 5.74) is -0.339. The van der Waals surface area contributed by atoms with Crippen LogP contribution in [0, 0.1) is 10.1 Å². The third-order valence-electron chi connectivity index (χ3n) is 4.44. The number of nitrogens with one attached hydrogen (secondary N) is 2. The Morgan fingerprint density at radius 1 is 1.28 bits per heavy atom. The number of hydrogen-bond acceptors (Lipinski definition) is 8. The molecule has 0 radical (unpaired) electrons. The maximum Gasteiger partial charge on any atom is 0.407 e. The molecule has 0 bridgehead atoms. The number of aromatic nitrogens is 4. The largest absolute Gasteiger partial charge is 0.444 e. The van der Waals surface area contributed by atoms with Crippen LogP contribution in [0.15, 0.2) is 24.7 Å². The molecule has 0 spiro atoms. The van der Waals surface area contributed by atoms with Crippen LogP contribution in [0.4, 0.5) is 16.2 Å². The SMILES string of the molecule is CC(C)(C)OC(=O)N[C@H]1CCCC(Nc2cc(-n3nccn3)ncc2[N+](=O)[O-])C1. The zero-order chi connectivity index (χ0) is 21.0. The molecule has 1 fully saturated rings. The first kappa shape index (κ1) is 20.5. The molecule has 2 aromatic rings. The Hall–Kier alpha value is -3.24. The molecule has 1 unspecified atom stereocenters. The van der Waals surface area contributed by atoms with Gasteiger partial charge in [-0.05, 0) is 46.5 Å². The molecule has 2 N–H and O–H groups in total. The first-order chi connectivity index (χ1) is 13.7. The number of nitrogens with zero attached hydrogens (tertiary/aromatic N) is 5. The maximum absolute atomic E-state index is 12.0. The number of nitro groups is 1. The van der Waals surface area contributed by atoms with Gasteiger partial charge in [0.05, 0.1) is 17.3 Å². The molecule has 1 aliphatic rings. The monoisotopic (exact) mass is 403 g/mol. The Labute approximate surface area is 168 Å². The van der Waals surface area contributed by atoms with Crippen molar-refractivity contribution < 1.29 is 14.5 Å². The number of pyridine rings is 1. The minimum absolute atomic E-state index is 0.0387. The second-order valence-electron chi connectivity index (χ2n) is 7.99. The second kappa shape index (κ2) is 8.41. The lowest BCUT2D eigenvalue weighted by Crippen LogP contribution is -2.43. The number of alkyl carbamates (subject to hydrolysis) is 1. The van der Waals surface area contributed by atoms with Crippen molar-refractivity contribution in [2.45, 2.75) is 64.1 Å². The van der Waals surface area contributed by atoms with Gasteiger partial charge in [-0.15, -0.1) is 4.80 Å². The highest BCUT2D eigenvalue weighted by Gasteiger charge is 2.27. The summed E-state index contributed by atoms with van der Waals surface area (Å²) >= 11 is 0. The van der Waals surface area contributed by atoms with E-state index >= 15 is 0 Å². The molecule has 2 aromatic heterocycles. The first-order valence-corrected chi connectivity index (χ1v) is 9.48. The molecular formula is C18H25N7O4. The minimum atomic E-state index is -0.564. The van der Waals surface area contributed by atoms with Gasteiger partial charge < -0.3 is 15.4 Å². The van der Waals surface area contributed by atoms with Crippen molar-refractivity contribution in [3.63, 3.8) is 0 Å². The molecule has 29 heavy (non-hydrogen) atoms. The van der Waals surface area contributed by atoms with Gasteiger partial charge in [-0.3, -0.25) is 10.1 Å². The van der Waals surface area contributed by atoms with Gasteiger partial charge >= 0.3 is 11.8 Å². The summed E-state index contributed by atoms with van der Waals surface area (Å²) in [4.78, 5) is 28.3. The molecule has 0 saturated heterocycles. The van der Waals surface area contributed by atoms with E-state index < -0.39 is 16.6 Å². The van der Waals surface area contributed by atoms with Crippen LogP contribution in [0.5, 0.6) is 0 Å². The lowest BCUT2D eigenvalue weighted by molar-refractivity contribution is -0.384. The Balaban J connectivity index is 1.70. The van der Waals surface area contributed by atoms with Crippen LogP contribution in [0.1, 0.15) is 46.5 Å². The van der Waals surface area contributed by atoms with Gasteiger partial charge in [0.2, 0.25) is 0 Å². The minimum Gasteiger partial charge on any atom is -0.444 e. The molecule has 11 nitrogen and oxygen atoms in total. The molecule has 3 rings (SSSR count). The van der Waals surface area contributed by atoms with E-state index in [4.69, 9.17) is 4.74 Å². The fourth-order valence-electron chi connectivity index (χ4n) is 3.29. The average Bonchev–Trinajstić information content (AvgIpc) is 3.14. The molecule has 2 atom stereocenters. The molecule has 1 saturated carbocycles. The number of carbonyl (C=O) groups is 1. The Kier molecular flexibility index (Phi) is 5.95. The van der Waals surface area contributed by atoms with Crippen LogP contribution in [-0.2, 0) is 4.74 Å². The molecule has 1 amide bonds. The van der Waals surface area contributed by atoms with Crippen molar-refractivity contribution in [2.24, 2.45) is 0 Å². The van der Waals surface area contributed by atoms with Crippen LogP contribution in [0.2, 0.25) is 0 Å². The molecule has 156 valence electrons. The lowest BCUT2D eigenvalue weighted by Gasteiger charge is -2.31. The summed E-state index contributed by atoms with van der Waals surface area (Å²) in [6, 6.07) is 1.45. The number of ether oxygens (including phenoxy) is 1. The van der Waals surface area contributed by atoms with E-state index in [1.165, 1.54) is 23.4 Å². The van der Waals surface area contributed by atoms with Gasteiger partial charge in [-0.25, -0.2) is 9.78 Å². The summed E-state index contributed by atoms with van der Waals surface area (Å²) < 4.78 is 5.32. The van der Waals surface area contributed by atoms with E-state index in [1.54, 1.807) is 6.07 Å². The predicted molar refractivity (Wildman–Crippen MR) is 105 cm³/mol. The highest BCUT2D eigenvalue weighted by molar-refractivity contribution is 5.68. The molecule has 2 heterocycles. The summed E-state index contributed by atoms with van der Waals surface area (Å²) in [5, 5.41) is 25.6. The summed E-state index contributed by atoms with van der Waals surface area (Å²) in [6.07, 6.45) is 6.93. The van der Waals surface area contributed by atoms with Gasteiger partial charge in [0.25, 0.3) is 0 Å². The second-order valence-corrected chi connectivity index (χ2v) is 7.99. The quantitative estimate of drug-likeness (QED) is 0.574. The van der Waals surface area contributed by atoms with Crippen LogP contribution in [0.3, 0.4) is 0 Å². The van der Waals surface area contributed by atoms with Crippen LogP contribution >= 0.6 is 0 Å². The standard InChI is InChI=1S/C18H25N7O4/c1-18(2,3)29-17(26)23-13-6-4-5-12(9-13)22-14-10-16(24-20-7-8-21-24)19-11-15(14)25(27)28/h7-8,10-13H,4-6,9H2,1-3H3,(H,19,22)(H,23,26)/t12?,13-/m0/s1. The molecule has 0 aliphatic heterocycles. The summed E-state index contributed by atoms with van der Waals surface area (Å²) in [5.74, 6) is 0.377. The van der Waals surface area contributed by atoms with E-state index in [0.717, 1.165) is 19.3 Å². The highest BCUT2D eigenvalue weighted by Crippen LogP contribution is 2.29. The molecule has 0 aromatic carbocycles. The van der Waals surface area contributed by atoms with E-state index in [0.29, 0.717) is 17.9 Å². The van der Waals surface area contributed by atoms with Crippen molar-refractivity contribution in [1.29, 1.82) is 0 Å². The van der Waals surface area contributed by atoms with Crippen molar-refractivity contribution in [3.05, 3.63) is 34.8 Å². The topological polar surface area (TPSA) is 137 Å². The third kappa shape index (κ3) is 5.62. The zero-order valence-corrected chi connectivity index (χ0v) is 16.7. The van der Waals surface area contributed by atoms with Crippen LogP contribution < -0.4 is 10.6 Å². The molecule has 11 heteroatoms. The van der Waals surface area contributed by atoms with Crippen molar-refractivity contribution in [2.75, 3.05) is 5.32 Å². The van der Waals surface area contributed by atoms with Crippen LogP contribution in [0.25, 0.3) is 5.82 Å². The molecule has 1 aliphatic carbocycles. The number of amides is 1. The van der Waals surface area contributed by atoms with Gasteiger partial charge in [0.1, 0.15) is 17.5 Å². The summed E-state index contributed by atoms with van der Waals surface area (Å²) in [7, 11) is 0. The van der Waals surface area contributed by atoms with E-state index in [1.807, 2.05) is 20.8 Å².